The summed E-state index contributed by atoms with van der Waals surface area (Å²) in [6, 6.07) is 4.67. The van der Waals surface area contributed by atoms with Crippen LogP contribution in [0.4, 0.5) is 5.69 Å². The molecule has 2 aromatic heterocycles. The van der Waals surface area contributed by atoms with Gasteiger partial charge in [-0.05, 0) is 38.3 Å². The third-order valence-corrected chi connectivity index (χ3v) is 5.71. The summed E-state index contributed by atoms with van der Waals surface area (Å²) in [5.41, 5.74) is 2.36. The highest BCUT2D eigenvalue weighted by molar-refractivity contribution is 7.97. The Morgan fingerprint density at radius 3 is 3.17 bits per heavy atom. The van der Waals surface area contributed by atoms with Crippen molar-refractivity contribution < 1.29 is 0 Å². The molecule has 24 heavy (non-hydrogen) atoms. The van der Waals surface area contributed by atoms with E-state index in [-0.39, 0.29) is 0 Å². The van der Waals surface area contributed by atoms with Crippen LogP contribution in [0.3, 0.4) is 0 Å². The number of anilines is 1. The van der Waals surface area contributed by atoms with E-state index in [0.717, 1.165) is 54.2 Å². The lowest BCUT2D eigenvalue weighted by Crippen LogP contribution is -2.37. The van der Waals surface area contributed by atoms with Gasteiger partial charge in [0.2, 0.25) is 0 Å². The first-order chi connectivity index (χ1) is 11.7. The van der Waals surface area contributed by atoms with Crippen molar-refractivity contribution in [3.05, 3.63) is 36.7 Å². The van der Waals surface area contributed by atoms with Crippen molar-refractivity contribution in [1.29, 1.82) is 5.26 Å². The fourth-order valence-corrected chi connectivity index (χ4v) is 3.98. The number of hydrogen-bond acceptors (Lipinski definition) is 5. The van der Waals surface area contributed by atoms with Gasteiger partial charge in [-0.15, -0.1) is 6.58 Å². The Hall–Kier alpha value is -1.97. The Morgan fingerprint density at radius 1 is 1.58 bits per heavy atom. The van der Waals surface area contributed by atoms with Gasteiger partial charge in [-0.3, -0.25) is 4.31 Å². The number of rotatable bonds is 8. The van der Waals surface area contributed by atoms with Crippen molar-refractivity contribution in [2.24, 2.45) is 5.92 Å². The molecule has 5 nitrogen and oxygen atoms in total. The minimum Gasteiger partial charge on any atom is -0.381 e. The van der Waals surface area contributed by atoms with Gasteiger partial charge in [0.05, 0.1) is 11.3 Å². The molecule has 0 amide bonds. The molecule has 0 aliphatic heterocycles. The van der Waals surface area contributed by atoms with E-state index in [9.17, 15) is 5.26 Å². The molecule has 0 radical (unpaired) electrons. The van der Waals surface area contributed by atoms with Crippen LogP contribution in [0, 0.1) is 17.2 Å². The minimum absolute atomic E-state index is 0.446. The van der Waals surface area contributed by atoms with E-state index in [2.05, 4.69) is 39.3 Å². The van der Waals surface area contributed by atoms with Crippen molar-refractivity contribution in [1.82, 2.24) is 14.3 Å². The molecule has 0 saturated heterocycles. The highest BCUT2D eigenvalue weighted by atomic mass is 32.2. The van der Waals surface area contributed by atoms with Gasteiger partial charge >= 0.3 is 0 Å². The second-order valence-electron chi connectivity index (χ2n) is 6.30. The zero-order valence-electron chi connectivity index (χ0n) is 14.0. The van der Waals surface area contributed by atoms with Crippen molar-refractivity contribution in [2.45, 2.75) is 25.3 Å². The van der Waals surface area contributed by atoms with E-state index in [0.29, 0.717) is 11.6 Å². The number of hydrogen-bond donors (Lipinski definition) is 2. The zero-order chi connectivity index (χ0) is 16.9. The maximum absolute atomic E-state index is 9.33. The van der Waals surface area contributed by atoms with E-state index >= 15 is 0 Å². The van der Waals surface area contributed by atoms with Crippen molar-refractivity contribution >= 4 is 28.7 Å². The Bertz CT molecular complexity index is 741. The SMILES string of the molecule is C=CCCN(C)SCC1CC(Nc2c(C#N)cnc3[nH]ccc23)C1. The predicted molar refractivity (Wildman–Crippen MR) is 101 cm³/mol. The minimum atomic E-state index is 0.446. The lowest BCUT2D eigenvalue weighted by Gasteiger charge is -2.37. The van der Waals surface area contributed by atoms with Crippen molar-refractivity contribution in [2.75, 3.05) is 24.7 Å². The summed E-state index contributed by atoms with van der Waals surface area (Å²) in [5, 5.41) is 13.9. The number of aromatic amines is 1. The summed E-state index contributed by atoms with van der Waals surface area (Å²) < 4.78 is 2.29. The third kappa shape index (κ3) is 3.74. The summed E-state index contributed by atoms with van der Waals surface area (Å²) in [6.07, 6.45) is 8.81. The van der Waals surface area contributed by atoms with Crippen LogP contribution in [0.25, 0.3) is 11.0 Å². The topological polar surface area (TPSA) is 67.7 Å². The van der Waals surface area contributed by atoms with Crippen molar-refractivity contribution in [3.63, 3.8) is 0 Å². The maximum atomic E-state index is 9.33. The standard InChI is InChI=1S/C18H23N5S/c1-3-4-7-23(2)24-12-13-8-15(9-13)22-17-14(10-19)11-21-18-16(17)5-6-20-18/h3,5-6,11,13,15H,1,4,7-9,12H2,2H3,(H2,20,21,22). The number of nitrogens with one attached hydrogen (secondary N) is 2. The first-order valence-electron chi connectivity index (χ1n) is 8.29. The summed E-state index contributed by atoms with van der Waals surface area (Å²) in [5.74, 6) is 1.90. The van der Waals surface area contributed by atoms with Crippen LogP contribution in [0.5, 0.6) is 0 Å². The van der Waals surface area contributed by atoms with E-state index in [4.69, 9.17) is 0 Å². The predicted octanol–water partition coefficient (Wildman–Crippen LogP) is 3.78. The summed E-state index contributed by atoms with van der Waals surface area (Å²) in [4.78, 5) is 7.38. The zero-order valence-corrected chi connectivity index (χ0v) is 14.8. The molecular weight excluding hydrogens is 318 g/mol. The van der Waals surface area contributed by atoms with Crippen LogP contribution in [-0.4, -0.2) is 39.7 Å². The highest BCUT2D eigenvalue weighted by Gasteiger charge is 2.30. The molecular formula is C18H23N5S. The fourth-order valence-electron chi connectivity index (χ4n) is 3.01. The van der Waals surface area contributed by atoms with Gasteiger partial charge in [-0.1, -0.05) is 18.0 Å². The van der Waals surface area contributed by atoms with Crippen LogP contribution in [0.15, 0.2) is 31.1 Å². The number of fused-ring (bicyclic) bond motifs is 1. The normalized spacial score (nSPS) is 19.9. The van der Waals surface area contributed by atoms with Gasteiger partial charge in [-0.25, -0.2) is 4.98 Å². The first kappa shape index (κ1) is 16.9. The van der Waals surface area contributed by atoms with Crippen LogP contribution in [-0.2, 0) is 0 Å². The lowest BCUT2D eigenvalue weighted by molar-refractivity contribution is 0.313. The second-order valence-corrected chi connectivity index (χ2v) is 7.52. The maximum Gasteiger partial charge on any atom is 0.139 e. The van der Waals surface area contributed by atoms with Gasteiger partial charge in [0.15, 0.2) is 0 Å². The quantitative estimate of drug-likeness (QED) is 0.565. The van der Waals surface area contributed by atoms with Gasteiger partial charge in [0.1, 0.15) is 11.7 Å². The summed E-state index contributed by atoms with van der Waals surface area (Å²) in [7, 11) is 2.14. The molecule has 6 heteroatoms. The average Bonchev–Trinajstić information content (AvgIpc) is 3.03. The van der Waals surface area contributed by atoms with E-state index in [1.54, 1.807) is 6.20 Å². The molecule has 126 valence electrons. The monoisotopic (exact) mass is 341 g/mol. The second kappa shape index (κ2) is 7.73. The molecule has 1 fully saturated rings. The van der Waals surface area contributed by atoms with Crippen molar-refractivity contribution in [3.8, 4) is 6.07 Å². The summed E-state index contributed by atoms with van der Waals surface area (Å²) in [6.45, 7) is 4.82. The molecule has 0 aromatic carbocycles. The molecule has 1 aliphatic rings. The smallest absolute Gasteiger partial charge is 0.139 e. The Morgan fingerprint density at radius 2 is 2.42 bits per heavy atom. The fraction of sp³-hybridized carbons (Fsp3) is 0.444. The largest absolute Gasteiger partial charge is 0.381 e. The Labute approximate surface area is 147 Å². The number of aromatic nitrogens is 2. The average molecular weight is 341 g/mol. The van der Waals surface area contributed by atoms with E-state index in [1.807, 2.05) is 30.3 Å². The van der Waals surface area contributed by atoms with Gasteiger partial charge in [0, 0.05) is 36.1 Å². The highest BCUT2D eigenvalue weighted by Crippen LogP contribution is 2.35. The number of nitriles is 1. The van der Waals surface area contributed by atoms with Crippen LogP contribution in [0.1, 0.15) is 24.8 Å². The molecule has 2 N–H and O–H groups in total. The molecule has 0 atom stereocenters. The van der Waals surface area contributed by atoms with Gasteiger partial charge in [-0.2, -0.15) is 5.26 Å². The number of H-pyrrole nitrogens is 1. The van der Waals surface area contributed by atoms with Crippen LogP contribution in [0.2, 0.25) is 0 Å². The molecule has 0 unspecified atom stereocenters. The first-order valence-corrected chi connectivity index (χ1v) is 9.23. The number of nitrogens with zero attached hydrogens (tertiary/aromatic N) is 3. The molecule has 1 aliphatic carbocycles. The molecule has 0 bridgehead atoms. The molecule has 2 heterocycles. The van der Waals surface area contributed by atoms with Gasteiger partial charge < -0.3 is 10.3 Å². The van der Waals surface area contributed by atoms with Crippen LogP contribution >= 0.6 is 11.9 Å². The van der Waals surface area contributed by atoms with E-state index < -0.39 is 0 Å². The Kier molecular flexibility index (Phi) is 5.44. The number of pyridine rings is 1. The third-order valence-electron chi connectivity index (χ3n) is 4.47. The Balaban J connectivity index is 1.52. The summed E-state index contributed by atoms with van der Waals surface area (Å²) >= 11 is 1.91. The molecule has 0 spiro atoms. The molecule has 2 aromatic rings. The molecule has 1 saturated carbocycles. The van der Waals surface area contributed by atoms with Crippen LogP contribution < -0.4 is 5.32 Å². The molecule has 3 rings (SSSR count). The van der Waals surface area contributed by atoms with Gasteiger partial charge in [0.25, 0.3) is 0 Å². The lowest BCUT2D eigenvalue weighted by atomic mass is 9.81. The van der Waals surface area contributed by atoms with E-state index in [1.165, 1.54) is 0 Å².